The van der Waals surface area contributed by atoms with Crippen LogP contribution in [0.3, 0.4) is 0 Å². The zero-order valence-corrected chi connectivity index (χ0v) is 17.8. The molecule has 0 saturated heterocycles. The lowest BCUT2D eigenvalue weighted by atomic mass is 10.1. The second-order valence-corrected chi connectivity index (χ2v) is 7.61. The normalized spacial score (nSPS) is 14.7. The number of nitrogens with two attached hydrogens (primary N) is 1. The summed E-state index contributed by atoms with van der Waals surface area (Å²) in [5.41, 5.74) is 7.31. The van der Waals surface area contributed by atoms with Crippen LogP contribution in [0.25, 0.3) is 11.3 Å². The maximum Gasteiger partial charge on any atom is 0.254 e. The standard InChI is InChI=1S/C24H25N5O3/c1-3-20(30)28(2)15-17-13-14-26-24-21(23(25)31)22(27-29(17)24)16-9-11-19(12-10-16)32-18-7-5-4-6-8-18/h3-12,17,26H,1,13-15H2,2H3,(H2,25,31). The molecule has 3 aromatic rings. The van der Waals surface area contributed by atoms with Crippen molar-refractivity contribution in [2.75, 3.05) is 25.5 Å². The van der Waals surface area contributed by atoms with Gasteiger partial charge < -0.3 is 20.7 Å². The van der Waals surface area contributed by atoms with Gasteiger partial charge in [-0.25, -0.2) is 4.68 Å². The summed E-state index contributed by atoms with van der Waals surface area (Å²) in [6, 6.07) is 16.7. The van der Waals surface area contributed by atoms with Crippen molar-refractivity contribution in [1.82, 2.24) is 14.7 Å². The molecular formula is C24H25N5O3. The fourth-order valence-corrected chi connectivity index (χ4v) is 3.82. The van der Waals surface area contributed by atoms with E-state index in [-0.39, 0.29) is 11.9 Å². The highest BCUT2D eigenvalue weighted by atomic mass is 16.5. The number of primary amides is 1. The maximum atomic E-state index is 12.3. The van der Waals surface area contributed by atoms with E-state index in [1.54, 1.807) is 16.6 Å². The van der Waals surface area contributed by atoms with Crippen LogP contribution in [0.5, 0.6) is 11.5 Å². The summed E-state index contributed by atoms with van der Waals surface area (Å²) in [6.45, 7) is 4.63. The van der Waals surface area contributed by atoms with Crippen LogP contribution in [0.2, 0.25) is 0 Å². The number of hydrogen-bond acceptors (Lipinski definition) is 5. The average molecular weight is 431 g/mol. The zero-order chi connectivity index (χ0) is 22.7. The van der Waals surface area contributed by atoms with Gasteiger partial charge in [-0.2, -0.15) is 5.10 Å². The second kappa shape index (κ2) is 8.97. The van der Waals surface area contributed by atoms with Gasteiger partial charge in [-0.3, -0.25) is 9.59 Å². The van der Waals surface area contributed by atoms with Crippen molar-refractivity contribution in [1.29, 1.82) is 0 Å². The molecule has 1 atom stereocenters. The predicted octanol–water partition coefficient (Wildman–Crippen LogP) is 3.44. The topological polar surface area (TPSA) is 102 Å². The van der Waals surface area contributed by atoms with E-state index in [2.05, 4.69) is 11.9 Å². The third-order valence-corrected chi connectivity index (χ3v) is 5.41. The molecule has 0 radical (unpaired) electrons. The molecule has 0 saturated carbocycles. The van der Waals surface area contributed by atoms with Crippen molar-refractivity contribution in [3.63, 3.8) is 0 Å². The Morgan fingerprint density at radius 1 is 1.22 bits per heavy atom. The molecule has 0 spiro atoms. The second-order valence-electron chi connectivity index (χ2n) is 7.61. The van der Waals surface area contributed by atoms with E-state index in [4.69, 9.17) is 15.6 Å². The largest absolute Gasteiger partial charge is 0.457 e. The summed E-state index contributed by atoms with van der Waals surface area (Å²) in [5.74, 6) is 1.26. The van der Waals surface area contributed by atoms with E-state index in [0.29, 0.717) is 35.9 Å². The fraction of sp³-hybridized carbons (Fsp3) is 0.208. The van der Waals surface area contributed by atoms with Crippen molar-refractivity contribution in [3.8, 4) is 22.8 Å². The first-order valence-corrected chi connectivity index (χ1v) is 10.3. The molecule has 3 N–H and O–H groups in total. The van der Waals surface area contributed by atoms with Crippen LogP contribution in [0.1, 0.15) is 22.8 Å². The molecule has 0 aliphatic carbocycles. The minimum absolute atomic E-state index is 0.0901. The Morgan fingerprint density at radius 3 is 2.56 bits per heavy atom. The van der Waals surface area contributed by atoms with Gasteiger partial charge in [0.25, 0.3) is 5.91 Å². The number of fused-ring (bicyclic) bond motifs is 1. The number of anilines is 1. The van der Waals surface area contributed by atoms with Crippen molar-refractivity contribution >= 4 is 17.6 Å². The molecule has 1 unspecified atom stereocenters. The molecule has 0 fully saturated rings. The van der Waals surface area contributed by atoms with E-state index in [1.165, 1.54) is 6.08 Å². The van der Waals surface area contributed by atoms with Crippen molar-refractivity contribution in [2.24, 2.45) is 5.73 Å². The smallest absolute Gasteiger partial charge is 0.254 e. The summed E-state index contributed by atoms with van der Waals surface area (Å²) < 4.78 is 7.61. The summed E-state index contributed by atoms with van der Waals surface area (Å²) in [4.78, 5) is 25.9. The third kappa shape index (κ3) is 4.20. The van der Waals surface area contributed by atoms with E-state index in [1.807, 2.05) is 54.6 Å². The molecule has 1 aliphatic rings. The quantitative estimate of drug-likeness (QED) is 0.558. The summed E-state index contributed by atoms with van der Waals surface area (Å²) in [5, 5.41) is 7.97. The number of amides is 2. The minimum Gasteiger partial charge on any atom is -0.457 e. The molecule has 2 heterocycles. The molecule has 1 aliphatic heterocycles. The number of likely N-dealkylation sites (N-methyl/N-ethyl adjacent to an activating group) is 1. The van der Waals surface area contributed by atoms with Gasteiger partial charge in [0, 0.05) is 25.7 Å². The first-order chi connectivity index (χ1) is 15.5. The molecule has 2 amide bonds. The summed E-state index contributed by atoms with van der Waals surface area (Å²) in [6.07, 6.45) is 2.04. The summed E-state index contributed by atoms with van der Waals surface area (Å²) in [7, 11) is 1.72. The molecule has 8 heteroatoms. The Hall–Kier alpha value is -4.07. The highest BCUT2D eigenvalue weighted by molar-refractivity contribution is 6.03. The number of nitrogens with zero attached hydrogens (tertiary/aromatic N) is 3. The van der Waals surface area contributed by atoms with Gasteiger partial charge in [0.05, 0.1) is 6.04 Å². The highest BCUT2D eigenvalue weighted by Gasteiger charge is 2.30. The predicted molar refractivity (Wildman–Crippen MR) is 123 cm³/mol. The van der Waals surface area contributed by atoms with E-state index < -0.39 is 5.91 Å². The average Bonchev–Trinajstić information content (AvgIpc) is 3.20. The van der Waals surface area contributed by atoms with Crippen molar-refractivity contribution < 1.29 is 14.3 Å². The van der Waals surface area contributed by atoms with E-state index in [9.17, 15) is 9.59 Å². The molecule has 0 bridgehead atoms. The molecule has 2 aromatic carbocycles. The molecule has 164 valence electrons. The van der Waals surface area contributed by atoms with Crippen LogP contribution in [0.4, 0.5) is 5.82 Å². The fourth-order valence-electron chi connectivity index (χ4n) is 3.82. The monoisotopic (exact) mass is 431 g/mol. The van der Waals surface area contributed by atoms with Crippen LogP contribution in [0, 0.1) is 0 Å². The number of para-hydroxylation sites is 1. The zero-order valence-electron chi connectivity index (χ0n) is 17.8. The lowest BCUT2D eigenvalue weighted by molar-refractivity contribution is -0.125. The first kappa shape index (κ1) is 21.2. The SMILES string of the molecule is C=CC(=O)N(C)CC1CCNc2c(C(N)=O)c(-c3ccc(Oc4ccccc4)cc3)nn21. The van der Waals surface area contributed by atoms with Gasteiger partial charge >= 0.3 is 0 Å². The van der Waals surface area contributed by atoms with E-state index >= 15 is 0 Å². The Morgan fingerprint density at radius 2 is 1.91 bits per heavy atom. The Bertz CT molecular complexity index is 1140. The Kier molecular flexibility index (Phi) is 5.93. The number of benzene rings is 2. The Balaban J connectivity index is 1.65. The number of carbonyl (C=O) groups excluding carboxylic acids is 2. The van der Waals surface area contributed by atoms with Gasteiger partial charge in [-0.05, 0) is 48.9 Å². The van der Waals surface area contributed by atoms with Crippen LogP contribution in [-0.2, 0) is 4.79 Å². The van der Waals surface area contributed by atoms with Gasteiger partial charge in [0.1, 0.15) is 28.6 Å². The highest BCUT2D eigenvalue weighted by Crippen LogP contribution is 2.35. The van der Waals surface area contributed by atoms with Gasteiger partial charge in [0.2, 0.25) is 5.91 Å². The lowest BCUT2D eigenvalue weighted by Gasteiger charge is -2.29. The third-order valence-electron chi connectivity index (χ3n) is 5.41. The number of hydrogen-bond donors (Lipinski definition) is 2. The lowest BCUT2D eigenvalue weighted by Crippen LogP contribution is -2.35. The van der Waals surface area contributed by atoms with Gasteiger partial charge in [-0.15, -0.1) is 0 Å². The molecule has 32 heavy (non-hydrogen) atoms. The number of aromatic nitrogens is 2. The molecular weight excluding hydrogens is 406 g/mol. The van der Waals surface area contributed by atoms with Crippen molar-refractivity contribution in [3.05, 3.63) is 72.8 Å². The molecule has 4 rings (SSSR count). The van der Waals surface area contributed by atoms with Gasteiger partial charge in [-0.1, -0.05) is 24.8 Å². The van der Waals surface area contributed by atoms with Crippen LogP contribution in [0.15, 0.2) is 67.3 Å². The van der Waals surface area contributed by atoms with Crippen LogP contribution < -0.4 is 15.8 Å². The van der Waals surface area contributed by atoms with E-state index in [0.717, 1.165) is 17.7 Å². The maximum absolute atomic E-state index is 12.3. The number of nitrogens with one attached hydrogen (secondary N) is 1. The minimum atomic E-state index is -0.561. The van der Waals surface area contributed by atoms with Gasteiger partial charge in [0.15, 0.2) is 0 Å². The first-order valence-electron chi connectivity index (χ1n) is 10.3. The number of rotatable bonds is 7. The van der Waals surface area contributed by atoms with Crippen molar-refractivity contribution in [2.45, 2.75) is 12.5 Å². The number of ether oxygens (including phenoxy) is 1. The Labute approximate surface area is 186 Å². The van der Waals surface area contributed by atoms with Crippen LogP contribution in [-0.4, -0.2) is 46.6 Å². The molecule has 1 aromatic heterocycles. The van der Waals surface area contributed by atoms with Crippen LogP contribution >= 0.6 is 0 Å². The summed E-state index contributed by atoms with van der Waals surface area (Å²) >= 11 is 0. The number of carbonyl (C=O) groups is 2. The molecule has 8 nitrogen and oxygen atoms in total.